The van der Waals surface area contributed by atoms with Gasteiger partial charge in [0.1, 0.15) is 29.9 Å². The van der Waals surface area contributed by atoms with Gasteiger partial charge in [-0.15, -0.1) is 10.2 Å². The molecular weight excluding hydrogens is 971 g/mol. The van der Waals surface area contributed by atoms with Crippen molar-refractivity contribution in [3.63, 3.8) is 0 Å². The van der Waals surface area contributed by atoms with E-state index >= 15 is 0 Å². The van der Waals surface area contributed by atoms with Crippen LogP contribution in [0, 0.1) is 17.8 Å². The summed E-state index contributed by atoms with van der Waals surface area (Å²) in [6.07, 6.45) is 7.13. The predicted molar refractivity (Wildman–Crippen MR) is 280 cm³/mol. The second kappa shape index (κ2) is 22.4. The van der Waals surface area contributed by atoms with Gasteiger partial charge < -0.3 is 54.7 Å². The number of aliphatic hydroxyl groups excluding tert-OH is 1. The average Bonchev–Trinajstić information content (AvgIpc) is 4.18. The lowest BCUT2D eigenvalue weighted by Gasteiger charge is -2.38. The van der Waals surface area contributed by atoms with Crippen LogP contribution in [-0.4, -0.2) is 131 Å². The zero-order chi connectivity index (χ0) is 52.9. The summed E-state index contributed by atoms with van der Waals surface area (Å²) in [7, 11) is 1.88. The van der Waals surface area contributed by atoms with E-state index in [9.17, 15) is 19.8 Å². The minimum absolute atomic E-state index is 0.0122. The molecule has 2 amide bonds. The lowest BCUT2D eigenvalue weighted by Crippen LogP contribution is -2.48. The molecule has 2 aliphatic heterocycles. The second-order valence-corrected chi connectivity index (χ2v) is 19.5. The number of hydrogen-bond acceptors (Lipinski definition) is 18. The van der Waals surface area contributed by atoms with Gasteiger partial charge in [-0.2, -0.15) is 5.10 Å². The van der Waals surface area contributed by atoms with Crippen LogP contribution in [-0.2, 0) is 16.6 Å². The molecule has 76 heavy (non-hydrogen) atoms. The molecule has 0 radical (unpaired) electrons. The highest BCUT2D eigenvalue weighted by molar-refractivity contribution is 5.91. The number of amides is 2. The number of phenolic OH excluding ortho intramolecular Hbond substituents is 1. The number of para-hydroxylation sites is 1. The average molecular weight is 1030 g/mol. The number of nitrogens with zero attached hydrogens (tertiary/aromatic N) is 11. The Hall–Kier alpha value is -8.77. The number of β-amino-alcohol motifs (C(OH)–C–C–N with tert-alkyl or cyclic N) is 1. The van der Waals surface area contributed by atoms with Crippen molar-refractivity contribution < 1.29 is 38.5 Å². The first kappa shape index (κ1) is 50.7. The molecule has 21 nitrogen and oxygen atoms in total. The summed E-state index contributed by atoms with van der Waals surface area (Å²) in [5.74, 6) is 6.27. The highest BCUT2D eigenvalue weighted by atomic mass is 16.5. The van der Waals surface area contributed by atoms with Crippen LogP contribution in [0.25, 0.3) is 22.5 Å². The third kappa shape index (κ3) is 11.5. The molecule has 5 aromatic heterocycles. The Labute approximate surface area is 439 Å². The van der Waals surface area contributed by atoms with E-state index in [1.54, 1.807) is 53.7 Å². The summed E-state index contributed by atoms with van der Waals surface area (Å²) < 4.78 is 25.5. The SMILES string of the molecule is CC(C)C(C(=O)N1C[C@H](O)C[C@H]1C(=O)N[C@@H](C)c1ccc(-c2ccnn2C)cc1)c1cc(OCC#Cc2ncc(OC3CC(Oc4cc(N5CCN(c6cc(-c7ccccc7O)nnc6N)CC5)ccn4)C3)cn2)no1. The molecule has 0 bridgehead atoms. The van der Waals surface area contributed by atoms with Crippen molar-refractivity contribution in [3.05, 3.63) is 121 Å². The van der Waals surface area contributed by atoms with Crippen LogP contribution >= 0.6 is 0 Å². The minimum Gasteiger partial charge on any atom is -0.507 e. The monoisotopic (exact) mass is 1030 g/mol. The molecule has 7 heterocycles. The fourth-order valence-corrected chi connectivity index (χ4v) is 9.77. The fourth-order valence-electron chi connectivity index (χ4n) is 9.77. The maximum absolute atomic E-state index is 14.2. The van der Waals surface area contributed by atoms with E-state index in [2.05, 4.69) is 62.4 Å². The number of aromatic nitrogens is 8. The molecule has 3 fully saturated rings. The number of carbonyl (C=O) groups excluding carboxylic acids is 2. The molecule has 392 valence electrons. The number of hydrogen-bond donors (Lipinski definition) is 4. The van der Waals surface area contributed by atoms with E-state index in [1.165, 1.54) is 4.90 Å². The molecule has 2 aromatic carbocycles. The first-order valence-corrected chi connectivity index (χ1v) is 25.3. The van der Waals surface area contributed by atoms with Crippen molar-refractivity contribution in [2.24, 2.45) is 13.0 Å². The van der Waals surface area contributed by atoms with E-state index in [4.69, 9.17) is 24.5 Å². The number of aryl methyl sites for hydroxylation is 1. The molecule has 0 spiro atoms. The van der Waals surface area contributed by atoms with Crippen molar-refractivity contribution in [2.75, 3.05) is 54.9 Å². The van der Waals surface area contributed by atoms with E-state index in [1.807, 2.05) is 82.4 Å². The Balaban J connectivity index is 0.657. The van der Waals surface area contributed by atoms with Gasteiger partial charge in [0.2, 0.25) is 23.5 Å². The Bertz CT molecular complexity index is 3210. The zero-order valence-corrected chi connectivity index (χ0v) is 42.6. The summed E-state index contributed by atoms with van der Waals surface area (Å²) in [6.45, 7) is 8.52. The number of likely N-dealkylation sites (tertiary alicyclic amines) is 1. The topological polar surface area (TPSA) is 258 Å². The maximum atomic E-state index is 14.2. The number of nitrogens with two attached hydrogens (primary N) is 1. The van der Waals surface area contributed by atoms with Crippen LogP contribution in [0.2, 0.25) is 0 Å². The molecule has 5 N–H and O–H groups in total. The van der Waals surface area contributed by atoms with Crippen molar-refractivity contribution in [1.82, 2.24) is 50.3 Å². The van der Waals surface area contributed by atoms with Crippen molar-refractivity contribution in [3.8, 4) is 57.6 Å². The molecule has 1 saturated carbocycles. The second-order valence-electron chi connectivity index (χ2n) is 19.5. The van der Waals surface area contributed by atoms with E-state index in [0.717, 1.165) is 41.3 Å². The number of benzene rings is 2. The highest BCUT2D eigenvalue weighted by Gasteiger charge is 2.44. The summed E-state index contributed by atoms with van der Waals surface area (Å²) in [6, 6.07) is 23.0. The molecule has 1 unspecified atom stereocenters. The summed E-state index contributed by atoms with van der Waals surface area (Å²) in [4.78, 5) is 46.9. The molecular formula is C55H59N13O8. The van der Waals surface area contributed by atoms with Crippen LogP contribution in [0.5, 0.6) is 23.3 Å². The third-order valence-corrected chi connectivity index (χ3v) is 13.9. The number of anilines is 3. The smallest absolute Gasteiger partial charge is 0.255 e. The van der Waals surface area contributed by atoms with E-state index < -0.39 is 18.1 Å². The number of aliphatic hydroxyl groups is 1. The molecule has 21 heteroatoms. The lowest BCUT2D eigenvalue weighted by molar-refractivity contribution is -0.141. The predicted octanol–water partition coefficient (Wildman–Crippen LogP) is 5.33. The van der Waals surface area contributed by atoms with Crippen LogP contribution in [0.15, 0.2) is 108 Å². The lowest BCUT2D eigenvalue weighted by atomic mass is 9.91. The van der Waals surface area contributed by atoms with E-state index in [-0.39, 0.29) is 78.8 Å². The summed E-state index contributed by atoms with van der Waals surface area (Å²) >= 11 is 0. The van der Waals surface area contributed by atoms with Crippen LogP contribution in [0.3, 0.4) is 0 Å². The van der Waals surface area contributed by atoms with Gasteiger partial charge in [0.25, 0.3) is 5.88 Å². The Morgan fingerprint density at radius 3 is 2.36 bits per heavy atom. The number of nitrogens with one attached hydrogen (secondary N) is 1. The molecule has 3 aliphatic rings. The third-order valence-electron chi connectivity index (χ3n) is 13.9. The van der Waals surface area contributed by atoms with Gasteiger partial charge in [-0.05, 0) is 65.4 Å². The van der Waals surface area contributed by atoms with Crippen LogP contribution < -0.4 is 35.1 Å². The fraction of sp³-hybridized carbons (Fsp3) is 0.364. The van der Waals surface area contributed by atoms with E-state index in [0.29, 0.717) is 54.6 Å². The highest BCUT2D eigenvalue weighted by Crippen LogP contribution is 2.35. The molecule has 7 aromatic rings. The Morgan fingerprint density at radius 2 is 1.62 bits per heavy atom. The number of aromatic hydroxyl groups is 1. The summed E-state index contributed by atoms with van der Waals surface area (Å²) in [5.41, 5.74) is 12.1. The number of carbonyl (C=O) groups is 2. The number of ether oxygens (including phenoxy) is 3. The molecule has 2 saturated heterocycles. The zero-order valence-electron chi connectivity index (χ0n) is 42.6. The Kier molecular flexibility index (Phi) is 14.9. The van der Waals surface area contributed by atoms with Gasteiger partial charge in [0.15, 0.2) is 23.9 Å². The van der Waals surface area contributed by atoms with Gasteiger partial charge in [0.05, 0.1) is 41.6 Å². The first-order valence-electron chi connectivity index (χ1n) is 25.3. The van der Waals surface area contributed by atoms with Gasteiger partial charge in [-0.3, -0.25) is 14.3 Å². The van der Waals surface area contributed by atoms with Crippen molar-refractivity contribution >= 4 is 29.0 Å². The normalized spacial score (nSPS) is 19.1. The quantitative estimate of drug-likeness (QED) is 0.0892. The molecule has 1 aliphatic carbocycles. The van der Waals surface area contributed by atoms with Crippen molar-refractivity contribution in [1.29, 1.82) is 0 Å². The number of piperazine rings is 1. The number of pyridine rings is 1. The largest absolute Gasteiger partial charge is 0.507 e. The number of rotatable bonds is 16. The van der Waals surface area contributed by atoms with Gasteiger partial charge >= 0.3 is 0 Å². The van der Waals surface area contributed by atoms with Gasteiger partial charge in [-0.1, -0.05) is 56.2 Å². The van der Waals surface area contributed by atoms with Gasteiger partial charge in [0, 0.05) is 94.8 Å². The Morgan fingerprint density at radius 1 is 0.868 bits per heavy atom. The maximum Gasteiger partial charge on any atom is 0.255 e. The molecule has 10 rings (SSSR count). The number of nitrogen functional groups attached to an aromatic ring is 1. The van der Waals surface area contributed by atoms with Crippen LogP contribution in [0.1, 0.15) is 69.1 Å². The van der Waals surface area contributed by atoms with Gasteiger partial charge in [-0.25, -0.2) is 15.0 Å². The first-order chi connectivity index (χ1) is 36.8. The summed E-state index contributed by atoms with van der Waals surface area (Å²) in [5, 5.41) is 40.7. The minimum atomic E-state index is -0.871. The van der Waals surface area contributed by atoms with Crippen molar-refractivity contribution in [2.45, 2.75) is 76.3 Å². The molecule has 4 atom stereocenters. The standard InChI is InChI=1S/C55H59N13O8/c1-33(2)52(55(72)68-32-38(69)25-46(68)54(71)61-34(3)35-11-13-36(14-12-35)44-16-18-60-65(44)4)48-29-51(64-76-48)73-23-7-10-49-58-30-41(31-59-49)74-39-26-40(27-39)75-50-24-37(15-17-57-50)66-19-21-67(22-20-66)45-28-43(62-63-53(45)56)42-8-5-6-9-47(42)70/h5-6,8-9,11-18,24,28-31,33-34,38-40,46,52,69-70H,19-23,25-27,32H2,1-4H3,(H2,56,63)(H,61,71)/t34-,38+,39?,40?,46-,52?/m0/s1. The number of phenols is 1. The van der Waals surface area contributed by atoms with Crippen LogP contribution in [0.4, 0.5) is 17.2 Å².